The fourth-order valence-corrected chi connectivity index (χ4v) is 7.06. The predicted molar refractivity (Wildman–Crippen MR) is 181 cm³/mol. The minimum absolute atomic E-state index is 0.0396. The van der Waals surface area contributed by atoms with Gasteiger partial charge in [0, 0.05) is 68.5 Å². The van der Waals surface area contributed by atoms with E-state index in [1.165, 1.54) is 35.2 Å². The summed E-state index contributed by atoms with van der Waals surface area (Å²) in [5.41, 5.74) is 5.86. The summed E-state index contributed by atoms with van der Waals surface area (Å²) in [4.78, 5) is 31.9. The van der Waals surface area contributed by atoms with Gasteiger partial charge in [-0.15, -0.1) is 0 Å². The van der Waals surface area contributed by atoms with E-state index in [1.807, 2.05) is 41.3 Å². The normalized spacial score (nSPS) is 21.5. The summed E-state index contributed by atoms with van der Waals surface area (Å²) < 4.78 is 0. The third kappa shape index (κ3) is 7.87. The number of piperazine rings is 1. The van der Waals surface area contributed by atoms with Gasteiger partial charge in [-0.2, -0.15) is 0 Å². The van der Waals surface area contributed by atoms with Crippen LogP contribution in [0.1, 0.15) is 48.1 Å². The number of benzene rings is 3. The summed E-state index contributed by atoms with van der Waals surface area (Å²) in [7, 11) is 0. The van der Waals surface area contributed by atoms with Crippen molar-refractivity contribution in [3.05, 3.63) is 100 Å². The molecule has 4 N–H and O–H groups in total. The monoisotopic (exact) mass is 628 g/mol. The Hall–Kier alpha value is -3.43. The van der Waals surface area contributed by atoms with Gasteiger partial charge in [-0.05, 0) is 73.2 Å². The van der Waals surface area contributed by atoms with Gasteiger partial charge in [0.05, 0.1) is 6.04 Å². The Morgan fingerprint density at radius 1 is 0.956 bits per heavy atom. The molecule has 8 nitrogen and oxygen atoms in total. The second-order valence-corrected chi connectivity index (χ2v) is 13.0. The van der Waals surface area contributed by atoms with Gasteiger partial charge in [-0.1, -0.05) is 66.2 Å². The molecule has 6 rings (SSSR count). The molecule has 0 aliphatic carbocycles. The molecule has 3 heterocycles. The van der Waals surface area contributed by atoms with Crippen molar-refractivity contribution < 1.29 is 9.59 Å². The number of halogens is 1. The van der Waals surface area contributed by atoms with Crippen LogP contribution in [0.5, 0.6) is 0 Å². The lowest BCUT2D eigenvalue weighted by molar-refractivity contribution is -0.137. The Kier molecular flexibility index (Phi) is 10.4. The summed E-state index contributed by atoms with van der Waals surface area (Å²) in [6.45, 7) is 7.67. The third-order valence-corrected chi connectivity index (χ3v) is 9.74. The molecule has 2 saturated heterocycles. The van der Waals surface area contributed by atoms with E-state index in [1.54, 1.807) is 0 Å². The van der Waals surface area contributed by atoms with E-state index in [4.69, 9.17) is 11.6 Å². The lowest BCUT2D eigenvalue weighted by Gasteiger charge is -2.39. The van der Waals surface area contributed by atoms with Gasteiger partial charge in [0.25, 0.3) is 0 Å². The molecular formula is C36H45ClN6O2. The van der Waals surface area contributed by atoms with Crippen molar-refractivity contribution in [1.82, 2.24) is 26.2 Å². The minimum atomic E-state index is -0.662. The van der Waals surface area contributed by atoms with Gasteiger partial charge in [-0.25, -0.2) is 0 Å². The van der Waals surface area contributed by atoms with Gasteiger partial charge < -0.3 is 31.1 Å². The number of para-hydroxylation sites is 1. The van der Waals surface area contributed by atoms with Crippen LogP contribution in [-0.2, 0) is 29.0 Å². The maximum Gasteiger partial charge on any atom is 0.245 e. The molecule has 0 aromatic heterocycles. The lowest BCUT2D eigenvalue weighted by atomic mass is 9.95. The summed E-state index contributed by atoms with van der Waals surface area (Å²) in [5.74, 6) is -0.179. The van der Waals surface area contributed by atoms with Gasteiger partial charge in [0.2, 0.25) is 11.8 Å². The molecule has 9 heteroatoms. The highest BCUT2D eigenvalue weighted by molar-refractivity contribution is 6.30. The van der Waals surface area contributed by atoms with E-state index < -0.39 is 6.04 Å². The molecule has 45 heavy (non-hydrogen) atoms. The topological polar surface area (TPSA) is 88.7 Å². The Morgan fingerprint density at radius 2 is 1.69 bits per heavy atom. The van der Waals surface area contributed by atoms with Crippen LogP contribution in [0.3, 0.4) is 0 Å². The van der Waals surface area contributed by atoms with E-state index in [0.717, 1.165) is 31.7 Å². The molecule has 4 unspecified atom stereocenters. The SMILES string of the molecule is CC(NC1CCCNC1)c1ccccc1N1CCN(C(=O)C(Cc2ccc(Cl)cc2)NC(=O)C2Cc3ccccc3CN2)CC1. The zero-order valence-electron chi connectivity index (χ0n) is 26.1. The molecule has 0 bridgehead atoms. The van der Waals surface area contributed by atoms with Crippen molar-refractivity contribution in [2.24, 2.45) is 0 Å². The highest BCUT2D eigenvalue weighted by Gasteiger charge is 2.32. The number of anilines is 1. The van der Waals surface area contributed by atoms with Crippen molar-refractivity contribution in [2.45, 2.75) is 63.3 Å². The van der Waals surface area contributed by atoms with Crippen LogP contribution in [-0.4, -0.2) is 74.1 Å². The molecule has 0 spiro atoms. The quantitative estimate of drug-likeness (QED) is 0.288. The first kappa shape index (κ1) is 31.5. The van der Waals surface area contributed by atoms with E-state index in [0.29, 0.717) is 43.5 Å². The molecule has 0 radical (unpaired) electrons. The molecule has 2 amide bonds. The average molecular weight is 629 g/mol. The van der Waals surface area contributed by atoms with Crippen LogP contribution in [0.2, 0.25) is 5.02 Å². The second kappa shape index (κ2) is 14.8. The number of amides is 2. The molecule has 3 aromatic rings. The highest BCUT2D eigenvalue weighted by Crippen LogP contribution is 2.28. The maximum absolute atomic E-state index is 14.1. The molecule has 4 atom stereocenters. The maximum atomic E-state index is 14.1. The summed E-state index contributed by atoms with van der Waals surface area (Å²) in [6, 6.07) is 24.0. The minimum Gasteiger partial charge on any atom is -0.368 e. The number of nitrogens with one attached hydrogen (secondary N) is 4. The van der Waals surface area contributed by atoms with Gasteiger partial charge in [0.15, 0.2) is 0 Å². The fraction of sp³-hybridized carbons (Fsp3) is 0.444. The molecule has 0 saturated carbocycles. The van der Waals surface area contributed by atoms with Crippen LogP contribution in [0, 0.1) is 0 Å². The Balaban J connectivity index is 1.11. The molecule has 3 aromatic carbocycles. The predicted octanol–water partition coefficient (Wildman–Crippen LogP) is 3.83. The van der Waals surface area contributed by atoms with E-state index in [-0.39, 0.29) is 23.9 Å². The van der Waals surface area contributed by atoms with Crippen LogP contribution >= 0.6 is 11.6 Å². The standard InChI is InChI=1S/C36H45ClN6O2/c1-25(40-30-9-6-16-38-24-30)31-10-4-5-11-34(31)42-17-19-43(20-18-42)36(45)33(21-26-12-14-29(37)15-13-26)41-35(44)32-22-27-7-2-3-8-28(27)23-39-32/h2-5,7-8,10-15,25,30,32-33,38-40H,6,9,16-24H2,1H3,(H,41,44). The number of hydrogen-bond acceptors (Lipinski definition) is 6. The smallest absolute Gasteiger partial charge is 0.245 e. The zero-order chi connectivity index (χ0) is 31.2. The van der Waals surface area contributed by atoms with Crippen LogP contribution in [0.4, 0.5) is 5.69 Å². The van der Waals surface area contributed by atoms with Crippen LogP contribution in [0.25, 0.3) is 0 Å². The van der Waals surface area contributed by atoms with Crippen molar-refractivity contribution in [3.8, 4) is 0 Å². The van der Waals surface area contributed by atoms with E-state index in [2.05, 4.69) is 69.5 Å². The molecule has 3 aliphatic rings. The summed E-state index contributed by atoms with van der Waals surface area (Å²) in [6.07, 6.45) is 3.41. The number of nitrogens with zero attached hydrogens (tertiary/aromatic N) is 2. The number of rotatable bonds is 9. The Morgan fingerprint density at radius 3 is 2.44 bits per heavy atom. The number of carbonyl (C=O) groups is 2. The second-order valence-electron chi connectivity index (χ2n) is 12.6. The van der Waals surface area contributed by atoms with Gasteiger partial charge in [-0.3, -0.25) is 9.59 Å². The van der Waals surface area contributed by atoms with Crippen molar-refractivity contribution in [2.75, 3.05) is 44.2 Å². The Bertz CT molecular complexity index is 1450. The number of fused-ring (bicyclic) bond motifs is 1. The zero-order valence-corrected chi connectivity index (χ0v) is 26.9. The van der Waals surface area contributed by atoms with Gasteiger partial charge >= 0.3 is 0 Å². The molecular weight excluding hydrogens is 584 g/mol. The average Bonchev–Trinajstić information content (AvgIpc) is 3.09. The Labute approximate surface area is 271 Å². The number of hydrogen-bond donors (Lipinski definition) is 4. The third-order valence-electron chi connectivity index (χ3n) is 9.48. The largest absolute Gasteiger partial charge is 0.368 e. The molecule has 3 aliphatic heterocycles. The molecule has 2 fully saturated rings. The summed E-state index contributed by atoms with van der Waals surface area (Å²) in [5, 5.41) is 14.5. The van der Waals surface area contributed by atoms with E-state index in [9.17, 15) is 9.59 Å². The number of piperidine rings is 1. The number of carbonyl (C=O) groups excluding carboxylic acids is 2. The summed E-state index contributed by atoms with van der Waals surface area (Å²) >= 11 is 6.14. The van der Waals surface area contributed by atoms with Crippen LogP contribution < -0.4 is 26.2 Å². The van der Waals surface area contributed by atoms with Crippen molar-refractivity contribution in [3.63, 3.8) is 0 Å². The van der Waals surface area contributed by atoms with Crippen molar-refractivity contribution >= 4 is 29.1 Å². The van der Waals surface area contributed by atoms with Crippen LogP contribution in [0.15, 0.2) is 72.8 Å². The first-order valence-electron chi connectivity index (χ1n) is 16.4. The first-order chi connectivity index (χ1) is 21.9. The highest BCUT2D eigenvalue weighted by atomic mass is 35.5. The van der Waals surface area contributed by atoms with Gasteiger partial charge in [0.1, 0.15) is 6.04 Å². The fourth-order valence-electron chi connectivity index (χ4n) is 6.94. The van der Waals surface area contributed by atoms with Crippen molar-refractivity contribution in [1.29, 1.82) is 0 Å². The van der Waals surface area contributed by atoms with E-state index >= 15 is 0 Å². The first-order valence-corrected chi connectivity index (χ1v) is 16.8. The lowest BCUT2D eigenvalue weighted by Crippen LogP contribution is -2.58. The molecule has 238 valence electrons.